The minimum Gasteiger partial charge on any atom is -0.451 e. The Bertz CT molecular complexity index is 922. The molecule has 1 heterocycles. The lowest BCUT2D eigenvalue weighted by atomic mass is 10.2. The van der Waals surface area contributed by atoms with Crippen molar-refractivity contribution in [1.82, 2.24) is 19.3 Å². The zero-order valence-corrected chi connectivity index (χ0v) is 17.0. The molecule has 12 heteroatoms. The van der Waals surface area contributed by atoms with Crippen LogP contribution >= 0.6 is 0 Å². The smallest absolute Gasteiger partial charge is 0.294 e. The minimum atomic E-state index is -3.83. The lowest BCUT2D eigenvalue weighted by molar-refractivity contribution is -0.131. The van der Waals surface area contributed by atoms with E-state index in [4.69, 9.17) is 16.2 Å². The summed E-state index contributed by atoms with van der Waals surface area (Å²) in [6.07, 6.45) is 3.07. The average Bonchev–Trinajstić information content (AvgIpc) is 3.13. The lowest BCUT2D eigenvalue weighted by Gasteiger charge is -2.20. The first kappa shape index (κ1) is 22.3. The second kappa shape index (κ2) is 10.5. The molecule has 0 saturated heterocycles. The molecule has 0 fully saturated rings. The Balaban J connectivity index is 2.01. The Kier molecular flexibility index (Phi) is 8.09. The van der Waals surface area contributed by atoms with Crippen LogP contribution in [0.3, 0.4) is 0 Å². The maximum atomic E-state index is 12.9. The largest absolute Gasteiger partial charge is 0.451 e. The number of sulfonamides is 1. The monoisotopic (exact) mass is 423 g/mol. The summed E-state index contributed by atoms with van der Waals surface area (Å²) in [5.41, 5.74) is 12.2. The third-order valence-corrected chi connectivity index (χ3v) is 5.83. The molecule has 0 radical (unpaired) electrons. The van der Waals surface area contributed by atoms with Gasteiger partial charge >= 0.3 is 0 Å². The van der Waals surface area contributed by atoms with Gasteiger partial charge in [0.25, 0.3) is 6.47 Å². The number of aryl methyl sites for hydroxylation is 2. The van der Waals surface area contributed by atoms with Crippen molar-refractivity contribution >= 4 is 22.5 Å². The lowest BCUT2D eigenvalue weighted by Crippen LogP contribution is -2.36. The van der Waals surface area contributed by atoms with E-state index in [2.05, 4.69) is 15.3 Å². The fourth-order valence-corrected chi connectivity index (χ4v) is 3.77. The number of rotatable bonds is 12. The molecule has 0 bridgehead atoms. The van der Waals surface area contributed by atoms with Crippen LogP contribution in [0, 0.1) is 6.92 Å². The Labute approximate surface area is 169 Å². The van der Waals surface area contributed by atoms with Gasteiger partial charge in [-0.2, -0.15) is 4.31 Å². The van der Waals surface area contributed by atoms with Gasteiger partial charge in [0.05, 0.1) is 17.1 Å². The normalized spacial score (nSPS) is 11.4. The Morgan fingerprint density at radius 1 is 1.31 bits per heavy atom. The quantitative estimate of drug-likeness (QED) is 0.154. The Hall–Kier alpha value is -2.99. The molecule has 0 aliphatic rings. The molecule has 2 rings (SSSR count). The number of nitrogens with zero attached hydrogens (tertiary/aromatic N) is 5. The van der Waals surface area contributed by atoms with E-state index in [1.165, 1.54) is 16.8 Å². The van der Waals surface area contributed by atoms with Crippen molar-refractivity contribution in [3.05, 3.63) is 41.7 Å². The molecule has 0 unspecified atom stereocenters. The topological polar surface area (TPSA) is 159 Å². The summed E-state index contributed by atoms with van der Waals surface area (Å²) in [6, 6.07) is 6.45. The Morgan fingerprint density at radius 3 is 2.69 bits per heavy atom. The highest BCUT2D eigenvalue weighted by Gasteiger charge is 2.25. The van der Waals surface area contributed by atoms with Gasteiger partial charge in [-0.3, -0.25) is 14.5 Å². The molecule has 1 aromatic carbocycles. The van der Waals surface area contributed by atoms with Crippen molar-refractivity contribution in [2.75, 3.05) is 19.8 Å². The summed E-state index contributed by atoms with van der Waals surface area (Å²) in [6.45, 7) is 2.47. The predicted molar refractivity (Wildman–Crippen MR) is 106 cm³/mol. The fraction of sp³-hybridized carbons (Fsp3) is 0.412. The highest BCUT2D eigenvalue weighted by molar-refractivity contribution is 7.89. The molecule has 0 aliphatic carbocycles. The van der Waals surface area contributed by atoms with Crippen molar-refractivity contribution in [1.29, 1.82) is 0 Å². The zero-order valence-electron chi connectivity index (χ0n) is 16.1. The van der Waals surface area contributed by atoms with Crippen LogP contribution in [0.2, 0.25) is 0 Å². The predicted octanol–water partition coefficient (Wildman–Crippen LogP) is -0.386. The summed E-state index contributed by atoms with van der Waals surface area (Å²) < 4.78 is 33.0. The number of carbonyl (C=O) groups is 1. The van der Waals surface area contributed by atoms with E-state index in [-0.39, 0.29) is 37.1 Å². The van der Waals surface area contributed by atoms with E-state index in [9.17, 15) is 13.2 Å². The van der Waals surface area contributed by atoms with Gasteiger partial charge < -0.3 is 16.2 Å². The van der Waals surface area contributed by atoms with E-state index < -0.39 is 10.0 Å². The highest BCUT2D eigenvalue weighted by atomic mass is 32.2. The van der Waals surface area contributed by atoms with Crippen molar-refractivity contribution in [2.24, 2.45) is 16.5 Å². The van der Waals surface area contributed by atoms with Crippen LogP contribution in [0.1, 0.15) is 17.7 Å². The first-order valence-corrected chi connectivity index (χ1v) is 10.3. The summed E-state index contributed by atoms with van der Waals surface area (Å²) in [4.78, 5) is 14.6. The molecular weight excluding hydrogens is 398 g/mol. The van der Waals surface area contributed by atoms with Crippen LogP contribution in [-0.4, -0.2) is 60.0 Å². The molecule has 4 N–H and O–H groups in total. The number of hydrogen-bond donors (Lipinski definition) is 2. The van der Waals surface area contributed by atoms with Gasteiger partial charge in [0, 0.05) is 19.3 Å². The number of guanidine groups is 1. The van der Waals surface area contributed by atoms with Gasteiger partial charge in [0.2, 0.25) is 10.0 Å². The maximum absolute atomic E-state index is 12.9. The number of nitrogens with two attached hydrogens (primary N) is 2. The molecule has 29 heavy (non-hydrogen) atoms. The van der Waals surface area contributed by atoms with Crippen LogP contribution in [-0.2, 0) is 32.5 Å². The highest BCUT2D eigenvalue weighted by Crippen LogP contribution is 2.16. The standard InChI is InChI=1S/C17H25N7O4S/c1-14-4-6-16(7-5-14)29(26,27)24(12-28-13-25)10-9-23-11-15(21-22-23)3-2-8-20-17(18)19/h4-7,11,13H,2-3,8-10,12H2,1H3,(H4,18,19,20). The molecule has 158 valence electrons. The van der Waals surface area contributed by atoms with Crippen molar-refractivity contribution in [3.63, 3.8) is 0 Å². The van der Waals surface area contributed by atoms with Crippen LogP contribution in [0.4, 0.5) is 0 Å². The van der Waals surface area contributed by atoms with E-state index in [0.717, 1.165) is 15.6 Å². The molecular formula is C17H25N7O4S. The number of aromatic nitrogens is 3. The summed E-state index contributed by atoms with van der Waals surface area (Å²) in [7, 11) is -3.83. The molecule has 0 spiro atoms. The molecule has 0 saturated carbocycles. The number of hydrogen-bond acceptors (Lipinski definition) is 7. The van der Waals surface area contributed by atoms with Crippen LogP contribution < -0.4 is 11.5 Å². The third-order valence-electron chi connectivity index (χ3n) is 4.00. The van der Waals surface area contributed by atoms with Gasteiger partial charge in [-0.05, 0) is 31.9 Å². The van der Waals surface area contributed by atoms with Crippen molar-refractivity contribution in [3.8, 4) is 0 Å². The third kappa shape index (κ3) is 6.84. The molecule has 0 atom stereocenters. The maximum Gasteiger partial charge on any atom is 0.294 e. The van der Waals surface area contributed by atoms with Gasteiger partial charge in [-0.1, -0.05) is 22.9 Å². The summed E-state index contributed by atoms with van der Waals surface area (Å²) in [5, 5.41) is 8.05. The van der Waals surface area contributed by atoms with E-state index in [1.54, 1.807) is 18.3 Å². The van der Waals surface area contributed by atoms with Gasteiger partial charge in [0.1, 0.15) is 0 Å². The Morgan fingerprint density at radius 2 is 2.03 bits per heavy atom. The van der Waals surface area contributed by atoms with Gasteiger partial charge in [-0.15, -0.1) is 5.10 Å². The zero-order chi connectivity index (χ0) is 21.3. The SMILES string of the molecule is Cc1ccc(S(=O)(=O)N(CCn2cc(CCCN=C(N)N)nn2)COC=O)cc1. The summed E-state index contributed by atoms with van der Waals surface area (Å²) in [5.74, 6) is 0.0427. The molecule has 0 amide bonds. The number of benzene rings is 1. The number of aliphatic imine (C=N–C) groups is 1. The van der Waals surface area contributed by atoms with Crippen molar-refractivity contribution in [2.45, 2.75) is 31.2 Å². The average molecular weight is 423 g/mol. The molecule has 2 aromatic rings. The number of carbonyl (C=O) groups excluding carboxylic acids is 1. The van der Waals surface area contributed by atoms with Crippen molar-refractivity contribution < 1.29 is 17.9 Å². The van der Waals surface area contributed by atoms with E-state index in [0.29, 0.717) is 19.4 Å². The fourth-order valence-electron chi connectivity index (χ4n) is 2.47. The van der Waals surface area contributed by atoms with Crippen LogP contribution in [0.5, 0.6) is 0 Å². The van der Waals surface area contributed by atoms with E-state index >= 15 is 0 Å². The van der Waals surface area contributed by atoms with Crippen LogP contribution in [0.25, 0.3) is 0 Å². The van der Waals surface area contributed by atoms with Crippen LogP contribution in [0.15, 0.2) is 40.4 Å². The second-order valence-corrected chi connectivity index (χ2v) is 8.21. The molecule has 11 nitrogen and oxygen atoms in total. The first-order chi connectivity index (χ1) is 13.8. The first-order valence-electron chi connectivity index (χ1n) is 8.89. The van der Waals surface area contributed by atoms with Gasteiger partial charge in [0.15, 0.2) is 12.7 Å². The second-order valence-electron chi connectivity index (χ2n) is 6.27. The van der Waals surface area contributed by atoms with Gasteiger partial charge in [-0.25, -0.2) is 8.42 Å². The minimum absolute atomic E-state index is 0.0427. The molecule has 0 aliphatic heterocycles. The molecule has 1 aromatic heterocycles. The number of ether oxygens (including phenoxy) is 1. The van der Waals surface area contributed by atoms with E-state index in [1.807, 2.05) is 6.92 Å². The summed E-state index contributed by atoms with van der Waals surface area (Å²) >= 11 is 0.